The van der Waals surface area contributed by atoms with Crippen LogP contribution in [0.3, 0.4) is 0 Å². The summed E-state index contributed by atoms with van der Waals surface area (Å²) < 4.78 is 5.03. The van der Waals surface area contributed by atoms with Gasteiger partial charge < -0.3 is 15.0 Å². The van der Waals surface area contributed by atoms with Crippen LogP contribution in [0.1, 0.15) is 51.4 Å². The first-order valence-corrected chi connectivity index (χ1v) is 9.85. The van der Waals surface area contributed by atoms with E-state index in [4.69, 9.17) is 4.74 Å². The molecule has 0 aromatic heterocycles. The number of methoxy groups -OCH3 is 1. The Labute approximate surface area is 152 Å². The van der Waals surface area contributed by atoms with Crippen molar-refractivity contribution in [2.24, 2.45) is 5.92 Å². The third-order valence-corrected chi connectivity index (χ3v) is 5.43. The topological polar surface area (TPSA) is 61.9 Å². The molecule has 6 nitrogen and oxygen atoms in total. The minimum atomic E-state index is 0.0805. The highest BCUT2D eigenvalue weighted by Crippen LogP contribution is 2.26. The highest BCUT2D eigenvalue weighted by Gasteiger charge is 2.29. The number of likely N-dealkylation sites (tertiary alicyclic amines) is 1. The Balaban J connectivity index is 1.64. The van der Waals surface area contributed by atoms with E-state index in [1.807, 2.05) is 16.8 Å². The Morgan fingerprint density at radius 3 is 2.44 bits per heavy atom. The van der Waals surface area contributed by atoms with Crippen molar-refractivity contribution >= 4 is 11.8 Å². The van der Waals surface area contributed by atoms with Crippen molar-refractivity contribution in [2.45, 2.75) is 57.4 Å². The van der Waals surface area contributed by atoms with Gasteiger partial charge in [-0.15, -0.1) is 0 Å². The predicted octanol–water partition coefficient (Wildman–Crippen LogP) is 1.64. The van der Waals surface area contributed by atoms with Gasteiger partial charge >= 0.3 is 0 Å². The van der Waals surface area contributed by atoms with Crippen molar-refractivity contribution in [3.63, 3.8) is 0 Å². The van der Waals surface area contributed by atoms with E-state index in [2.05, 4.69) is 5.32 Å². The highest BCUT2D eigenvalue weighted by atomic mass is 16.5. The lowest BCUT2D eigenvalue weighted by molar-refractivity contribution is -0.137. The number of nitrogens with one attached hydrogen (secondary N) is 1. The molecule has 1 N–H and O–H groups in total. The number of rotatable bonds is 8. The molecule has 6 heteroatoms. The molecule has 2 rings (SSSR count). The smallest absolute Gasteiger partial charge is 0.234 e. The Morgan fingerprint density at radius 1 is 1.12 bits per heavy atom. The monoisotopic (exact) mass is 353 g/mol. The quantitative estimate of drug-likeness (QED) is 0.674. The second kappa shape index (κ2) is 10.8. The molecule has 0 radical (unpaired) electrons. The number of carbonyl (C=O) groups is 2. The van der Waals surface area contributed by atoms with Gasteiger partial charge in [0.2, 0.25) is 11.8 Å². The molecule has 25 heavy (non-hydrogen) atoms. The molecule has 1 saturated carbocycles. The minimum absolute atomic E-state index is 0.0805. The van der Waals surface area contributed by atoms with Crippen LogP contribution < -0.4 is 5.32 Å². The van der Waals surface area contributed by atoms with E-state index < -0.39 is 0 Å². The highest BCUT2D eigenvalue weighted by molar-refractivity contribution is 5.79. The fourth-order valence-electron chi connectivity index (χ4n) is 3.93. The van der Waals surface area contributed by atoms with Crippen LogP contribution in [0.15, 0.2) is 0 Å². The number of ether oxygens (including phenoxy) is 1. The van der Waals surface area contributed by atoms with Gasteiger partial charge in [-0.25, -0.2) is 0 Å². The van der Waals surface area contributed by atoms with Gasteiger partial charge in [-0.05, 0) is 39.2 Å². The number of likely N-dealkylation sites (N-methyl/N-ethyl adjacent to an activating group) is 1. The lowest BCUT2D eigenvalue weighted by Crippen LogP contribution is -2.49. The molecule has 0 spiro atoms. The number of piperidine rings is 1. The van der Waals surface area contributed by atoms with Crippen LogP contribution >= 0.6 is 0 Å². The Bertz CT molecular complexity index is 416. The molecule has 0 bridgehead atoms. The van der Waals surface area contributed by atoms with E-state index in [1.54, 1.807) is 7.11 Å². The normalized spacial score (nSPS) is 20.0. The lowest BCUT2D eigenvalue weighted by Gasteiger charge is -2.35. The van der Waals surface area contributed by atoms with Crippen LogP contribution in [0.25, 0.3) is 0 Å². The third-order valence-electron chi connectivity index (χ3n) is 5.43. The first kappa shape index (κ1) is 20.2. The standard InChI is InChI=1S/C19H35N3O3/c1-21(11-6-14-25-2)15-18(23)20-17-9-12-22(13-10-17)19(24)16-7-4-3-5-8-16/h16-17H,3-15H2,1-2H3,(H,20,23). The van der Waals surface area contributed by atoms with E-state index in [0.717, 1.165) is 58.3 Å². The van der Waals surface area contributed by atoms with E-state index in [1.165, 1.54) is 19.3 Å². The van der Waals surface area contributed by atoms with Gasteiger partial charge in [-0.3, -0.25) is 14.5 Å². The fourth-order valence-corrected chi connectivity index (χ4v) is 3.93. The van der Waals surface area contributed by atoms with Gasteiger partial charge in [0.25, 0.3) is 0 Å². The summed E-state index contributed by atoms with van der Waals surface area (Å²) in [5.41, 5.74) is 0. The van der Waals surface area contributed by atoms with Crippen molar-refractivity contribution < 1.29 is 14.3 Å². The zero-order valence-electron chi connectivity index (χ0n) is 16.0. The van der Waals surface area contributed by atoms with Crippen LogP contribution in [0.5, 0.6) is 0 Å². The molecule has 1 heterocycles. The number of carbonyl (C=O) groups excluding carboxylic acids is 2. The summed E-state index contributed by atoms with van der Waals surface area (Å²) >= 11 is 0. The molecule has 2 amide bonds. The van der Waals surface area contributed by atoms with Crippen LogP contribution in [0.2, 0.25) is 0 Å². The molecule has 2 fully saturated rings. The molecule has 0 aromatic rings. The lowest BCUT2D eigenvalue weighted by atomic mass is 9.87. The summed E-state index contributed by atoms with van der Waals surface area (Å²) in [6, 6.07) is 0.204. The molecular formula is C19H35N3O3. The van der Waals surface area contributed by atoms with E-state index in [9.17, 15) is 9.59 Å². The zero-order chi connectivity index (χ0) is 18.1. The largest absolute Gasteiger partial charge is 0.385 e. The third kappa shape index (κ3) is 6.94. The molecule has 2 aliphatic rings. The predicted molar refractivity (Wildman–Crippen MR) is 98.3 cm³/mol. The van der Waals surface area contributed by atoms with E-state index in [0.29, 0.717) is 12.5 Å². The average Bonchev–Trinajstić information content (AvgIpc) is 2.62. The number of nitrogens with zero attached hydrogens (tertiary/aromatic N) is 2. The first-order chi connectivity index (χ1) is 12.1. The van der Waals surface area contributed by atoms with Gasteiger partial charge in [0.1, 0.15) is 0 Å². The molecule has 0 unspecified atom stereocenters. The van der Waals surface area contributed by atoms with Gasteiger partial charge in [0, 0.05) is 45.3 Å². The van der Waals surface area contributed by atoms with Gasteiger partial charge in [0.15, 0.2) is 0 Å². The number of amides is 2. The first-order valence-electron chi connectivity index (χ1n) is 9.85. The SMILES string of the molecule is COCCCN(C)CC(=O)NC1CCN(C(=O)C2CCCCC2)CC1. The molecule has 1 aliphatic heterocycles. The summed E-state index contributed by atoms with van der Waals surface area (Å²) in [4.78, 5) is 28.8. The molecule has 1 aliphatic carbocycles. The van der Waals surface area contributed by atoms with Crippen LogP contribution in [-0.4, -0.2) is 74.6 Å². The minimum Gasteiger partial charge on any atom is -0.385 e. The molecule has 1 saturated heterocycles. The van der Waals surface area contributed by atoms with Gasteiger partial charge in [-0.2, -0.15) is 0 Å². The molecule has 0 atom stereocenters. The Hall–Kier alpha value is -1.14. The fraction of sp³-hybridized carbons (Fsp3) is 0.895. The van der Waals surface area contributed by atoms with Crippen molar-refractivity contribution in [3.05, 3.63) is 0 Å². The maximum Gasteiger partial charge on any atom is 0.234 e. The number of hydrogen-bond donors (Lipinski definition) is 1. The molecule has 144 valence electrons. The van der Waals surface area contributed by atoms with Gasteiger partial charge in [0.05, 0.1) is 6.54 Å². The van der Waals surface area contributed by atoms with Crippen LogP contribution in [-0.2, 0) is 14.3 Å². The van der Waals surface area contributed by atoms with Crippen molar-refractivity contribution in [3.8, 4) is 0 Å². The maximum atomic E-state index is 12.6. The van der Waals surface area contributed by atoms with Crippen molar-refractivity contribution in [1.82, 2.24) is 15.1 Å². The molecule has 0 aromatic carbocycles. The van der Waals surface area contributed by atoms with Crippen molar-refractivity contribution in [2.75, 3.05) is 46.9 Å². The van der Waals surface area contributed by atoms with Crippen molar-refractivity contribution in [1.29, 1.82) is 0 Å². The second-order valence-corrected chi connectivity index (χ2v) is 7.59. The van der Waals surface area contributed by atoms with Gasteiger partial charge in [-0.1, -0.05) is 19.3 Å². The summed E-state index contributed by atoms with van der Waals surface area (Å²) in [5, 5.41) is 3.13. The average molecular weight is 354 g/mol. The Morgan fingerprint density at radius 2 is 1.80 bits per heavy atom. The number of hydrogen-bond acceptors (Lipinski definition) is 4. The summed E-state index contributed by atoms with van der Waals surface area (Å²) in [6.07, 6.45) is 8.46. The summed E-state index contributed by atoms with van der Waals surface area (Å²) in [5.74, 6) is 0.681. The van der Waals surface area contributed by atoms with E-state index >= 15 is 0 Å². The maximum absolute atomic E-state index is 12.6. The van der Waals surface area contributed by atoms with E-state index in [-0.39, 0.29) is 17.9 Å². The zero-order valence-corrected chi connectivity index (χ0v) is 16.0. The summed E-state index contributed by atoms with van der Waals surface area (Å²) in [7, 11) is 3.65. The molecular weight excluding hydrogens is 318 g/mol. The van der Waals surface area contributed by atoms with Crippen LogP contribution in [0.4, 0.5) is 0 Å². The summed E-state index contributed by atoms with van der Waals surface area (Å²) in [6.45, 7) is 3.56. The van der Waals surface area contributed by atoms with Crippen LogP contribution in [0, 0.1) is 5.92 Å². The Kier molecular flexibility index (Phi) is 8.68. The second-order valence-electron chi connectivity index (χ2n) is 7.59.